The molecule has 0 spiro atoms. The first kappa shape index (κ1) is 19.9. The molecule has 6 heteroatoms. The van der Waals surface area contributed by atoms with E-state index in [1.54, 1.807) is 26.4 Å². The van der Waals surface area contributed by atoms with Gasteiger partial charge in [-0.15, -0.1) is 0 Å². The molecule has 0 bridgehead atoms. The van der Waals surface area contributed by atoms with Crippen LogP contribution in [0.25, 0.3) is 0 Å². The normalized spacial score (nSPS) is 14.2. The summed E-state index contributed by atoms with van der Waals surface area (Å²) in [5.41, 5.74) is 3.43. The van der Waals surface area contributed by atoms with Gasteiger partial charge in [-0.25, -0.2) is 4.79 Å². The number of aryl methyl sites for hydroxylation is 1. The van der Waals surface area contributed by atoms with E-state index in [9.17, 15) is 9.90 Å². The Hall–Kier alpha value is -2.89. The van der Waals surface area contributed by atoms with Gasteiger partial charge in [0.05, 0.1) is 14.2 Å². The Morgan fingerprint density at radius 3 is 2.43 bits per heavy atom. The number of nitrogens with zero attached hydrogens (tertiary/aromatic N) is 1. The number of ether oxygens (including phenoxy) is 2. The van der Waals surface area contributed by atoms with E-state index in [1.165, 1.54) is 5.56 Å². The lowest BCUT2D eigenvalue weighted by Gasteiger charge is -2.30. The van der Waals surface area contributed by atoms with Gasteiger partial charge in [0, 0.05) is 19.1 Å². The monoisotopic (exact) mass is 384 g/mol. The number of nitrogens with one attached hydrogen (secondary N) is 1. The van der Waals surface area contributed by atoms with Crippen molar-refractivity contribution in [2.45, 2.75) is 38.8 Å². The summed E-state index contributed by atoms with van der Waals surface area (Å²) in [6.45, 7) is 3.26. The first-order chi connectivity index (χ1) is 13.5. The van der Waals surface area contributed by atoms with Gasteiger partial charge < -0.3 is 24.8 Å². The summed E-state index contributed by atoms with van der Waals surface area (Å²) in [6, 6.07) is 11.2. The predicted molar refractivity (Wildman–Crippen MR) is 108 cm³/mol. The second-order valence-electron chi connectivity index (χ2n) is 7.20. The summed E-state index contributed by atoms with van der Waals surface area (Å²) in [6.07, 6.45) is 2.48. The van der Waals surface area contributed by atoms with Crippen LogP contribution in [0.4, 0.5) is 4.79 Å². The molecule has 150 valence electrons. The summed E-state index contributed by atoms with van der Waals surface area (Å²) in [4.78, 5) is 14.5. The first-order valence-corrected chi connectivity index (χ1v) is 9.57. The van der Waals surface area contributed by atoms with Crippen molar-refractivity contribution in [2.75, 3.05) is 20.8 Å². The second-order valence-corrected chi connectivity index (χ2v) is 7.20. The van der Waals surface area contributed by atoms with E-state index >= 15 is 0 Å². The maximum atomic E-state index is 12.7. The lowest BCUT2D eigenvalue weighted by molar-refractivity contribution is 0.188. The minimum Gasteiger partial charge on any atom is -0.508 e. The smallest absolute Gasteiger partial charge is 0.317 e. The van der Waals surface area contributed by atoms with E-state index in [4.69, 9.17) is 9.47 Å². The van der Waals surface area contributed by atoms with Gasteiger partial charge in [0.15, 0.2) is 11.5 Å². The summed E-state index contributed by atoms with van der Waals surface area (Å²) >= 11 is 0. The molecule has 1 atom stereocenters. The van der Waals surface area contributed by atoms with Crippen LogP contribution in [0, 0.1) is 0 Å². The number of aromatic hydroxyl groups is 1. The van der Waals surface area contributed by atoms with Crippen molar-refractivity contribution in [3.05, 3.63) is 53.1 Å². The zero-order chi connectivity index (χ0) is 20.1. The molecule has 1 unspecified atom stereocenters. The van der Waals surface area contributed by atoms with E-state index in [-0.39, 0.29) is 17.8 Å². The number of hydrogen-bond donors (Lipinski definition) is 2. The number of rotatable bonds is 6. The quantitative estimate of drug-likeness (QED) is 0.800. The molecule has 28 heavy (non-hydrogen) atoms. The molecule has 1 aliphatic heterocycles. The number of fused-ring (bicyclic) bond motifs is 1. The Morgan fingerprint density at radius 1 is 1.14 bits per heavy atom. The van der Waals surface area contributed by atoms with Crippen molar-refractivity contribution < 1.29 is 19.4 Å². The van der Waals surface area contributed by atoms with Crippen LogP contribution in [0.5, 0.6) is 17.2 Å². The van der Waals surface area contributed by atoms with Crippen LogP contribution in [0.3, 0.4) is 0 Å². The molecule has 6 nitrogen and oxygen atoms in total. The summed E-state index contributed by atoms with van der Waals surface area (Å²) in [7, 11) is 3.25. The third-order valence-electron chi connectivity index (χ3n) is 5.18. The summed E-state index contributed by atoms with van der Waals surface area (Å²) in [5.74, 6) is 1.68. The van der Waals surface area contributed by atoms with Crippen LogP contribution in [0.15, 0.2) is 36.4 Å². The third-order valence-corrected chi connectivity index (χ3v) is 5.18. The first-order valence-electron chi connectivity index (χ1n) is 9.57. The van der Waals surface area contributed by atoms with Gasteiger partial charge in [-0.1, -0.05) is 12.1 Å². The Morgan fingerprint density at radius 2 is 1.79 bits per heavy atom. The lowest BCUT2D eigenvalue weighted by atomic mass is 9.99. The molecular formula is C22H28N2O4. The maximum Gasteiger partial charge on any atom is 0.317 e. The highest BCUT2D eigenvalue weighted by molar-refractivity contribution is 5.75. The van der Waals surface area contributed by atoms with Crippen LogP contribution in [0.1, 0.15) is 30.0 Å². The van der Waals surface area contributed by atoms with Crippen LogP contribution in [-0.4, -0.2) is 42.8 Å². The summed E-state index contributed by atoms with van der Waals surface area (Å²) in [5, 5.41) is 12.4. The molecule has 2 aromatic rings. The molecule has 0 saturated carbocycles. The SMILES string of the molecule is COc1cc2c(cc1OC)CN(C(=O)NC(C)CCc1ccc(O)cc1)CC2. The van der Waals surface area contributed by atoms with Crippen molar-refractivity contribution in [2.24, 2.45) is 0 Å². The molecule has 0 aromatic heterocycles. The largest absolute Gasteiger partial charge is 0.508 e. The van der Waals surface area contributed by atoms with Gasteiger partial charge >= 0.3 is 6.03 Å². The van der Waals surface area contributed by atoms with Crippen molar-refractivity contribution in [1.82, 2.24) is 10.2 Å². The Bertz CT molecular complexity index is 820. The number of urea groups is 1. The number of phenols is 1. The lowest BCUT2D eigenvalue weighted by Crippen LogP contribution is -2.46. The van der Waals surface area contributed by atoms with Crippen LogP contribution >= 0.6 is 0 Å². The van der Waals surface area contributed by atoms with Gasteiger partial charge in [0.2, 0.25) is 0 Å². The van der Waals surface area contributed by atoms with Crippen LogP contribution in [-0.2, 0) is 19.4 Å². The van der Waals surface area contributed by atoms with E-state index in [0.717, 1.165) is 36.1 Å². The van der Waals surface area contributed by atoms with E-state index in [0.29, 0.717) is 18.8 Å². The fourth-order valence-corrected chi connectivity index (χ4v) is 3.48. The number of carbonyl (C=O) groups excluding carboxylic acids is 1. The zero-order valence-corrected chi connectivity index (χ0v) is 16.7. The molecule has 1 heterocycles. The minimum atomic E-state index is -0.0429. The fourth-order valence-electron chi connectivity index (χ4n) is 3.48. The average Bonchev–Trinajstić information content (AvgIpc) is 2.71. The summed E-state index contributed by atoms with van der Waals surface area (Å²) < 4.78 is 10.8. The van der Waals surface area contributed by atoms with E-state index in [2.05, 4.69) is 5.32 Å². The zero-order valence-electron chi connectivity index (χ0n) is 16.7. The molecule has 2 N–H and O–H groups in total. The van der Waals surface area contributed by atoms with Crippen molar-refractivity contribution in [3.63, 3.8) is 0 Å². The fraction of sp³-hybridized carbons (Fsp3) is 0.409. The number of methoxy groups -OCH3 is 2. The Labute approximate surface area is 166 Å². The van der Waals surface area contributed by atoms with E-state index < -0.39 is 0 Å². The molecule has 2 amide bonds. The molecular weight excluding hydrogens is 356 g/mol. The van der Waals surface area contributed by atoms with Gasteiger partial charge in [-0.3, -0.25) is 0 Å². The average molecular weight is 384 g/mol. The highest BCUT2D eigenvalue weighted by Gasteiger charge is 2.23. The molecule has 3 rings (SSSR count). The third kappa shape index (κ3) is 4.68. The number of phenolic OH excluding ortho intramolecular Hbond substituents is 1. The topological polar surface area (TPSA) is 71.0 Å². The van der Waals surface area contributed by atoms with E-state index in [1.807, 2.05) is 36.1 Å². The van der Waals surface area contributed by atoms with Crippen LogP contribution < -0.4 is 14.8 Å². The van der Waals surface area contributed by atoms with Gasteiger partial charge in [0.1, 0.15) is 5.75 Å². The number of hydrogen-bond acceptors (Lipinski definition) is 4. The molecule has 0 fully saturated rings. The van der Waals surface area contributed by atoms with Crippen molar-refractivity contribution in [3.8, 4) is 17.2 Å². The Balaban J connectivity index is 1.55. The number of carbonyl (C=O) groups is 1. The maximum absolute atomic E-state index is 12.7. The van der Waals surface area contributed by atoms with Gasteiger partial charge in [0.25, 0.3) is 0 Å². The second kappa shape index (κ2) is 8.87. The van der Waals surface area contributed by atoms with Crippen molar-refractivity contribution >= 4 is 6.03 Å². The number of amides is 2. The Kier molecular flexibility index (Phi) is 6.29. The van der Waals surface area contributed by atoms with Crippen LogP contribution in [0.2, 0.25) is 0 Å². The minimum absolute atomic E-state index is 0.0429. The molecule has 0 aliphatic carbocycles. The molecule has 0 radical (unpaired) electrons. The highest BCUT2D eigenvalue weighted by Crippen LogP contribution is 2.33. The molecule has 1 aliphatic rings. The number of benzene rings is 2. The van der Waals surface area contributed by atoms with Gasteiger partial charge in [-0.05, 0) is 67.1 Å². The predicted octanol–water partition coefficient (Wildman–Crippen LogP) is 3.50. The molecule has 0 saturated heterocycles. The van der Waals surface area contributed by atoms with Crippen molar-refractivity contribution in [1.29, 1.82) is 0 Å². The van der Waals surface area contributed by atoms with Gasteiger partial charge in [-0.2, -0.15) is 0 Å². The standard InChI is InChI=1S/C22H28N2O4/c1-15(4-5-16-6-8-19(25)9-7-16)23-22(26)24-11-10-17-12-20(27-2)21(28-3)13-18(17)14-24/h6-9,12-13,15,25H,4-5,10-11,14H2,1-3H3,(H,23,26). The molecule has 2 aromatic carbocycles. The highest BCUT2D eigenvalue weighted by atomic mass is 16.5.